The average molecular weight is 210 g/mol. The maximum Gasteiger partial charge on any atom is 0.146 e. The number of aromatic nitrogens is 3. The number of hydrogen-bond donors (Lipinski definition) is 1. The predicted octanol–water partition coefficient (Wildman–Crippen LogP) is 1.97. The van der Waals surface area contributed by atoms with Gasteiger partial charge in [0.25, 0.3) is 0 Å². The van der Waals surface area contributed by atoms with E-state index in [0.29, 0.717) is 6.04 Å². The summed E-state index contributed by atoms with van der Waals surface area (Å²) in [5.74, 6) is 1.03. The lowest BCUT2D eigenvalue weighted by Gasteiger charge is -2.15. The SMILES string of the molecule is CCCC(CC)NCc1nncn1CC. The van der Waals surface area contributed by atoms with Gasteiger partial charge < -0.3 is 9.88 Å². The molecule has 0 aliphatic rings. The lowest BCUT2D eigenvalue weighted by molar-refractivity contribution is 0.449. The van der Waals surface area contributed by atoms with Crippen molar-refractivity contribution in [3.05, 3.63) is 12.2 Å². The zero-order valence-corrected chi connectivity index (χ0v) is 10.0. The summed E-state index contributed by atoms with van der Waals surface area (Å²) in [6.45, 7) is 8.31. The Balaban J connectivity index is 2.41. The van der Waals surface area contributed by atoms with Crippen LogP contribution in [0, 0.1) is 0 Å². The number of nitrogens with one attached hydrogen (secondary N) is 1. The van der Waals surface area contributed by atoms with Gasteiger partial charge in [-0.2, -0.15) is 0 Å². The molecular weight excluding hydrogens is 188 g/mol. The van der Waals surface area contributed by atoms with Crippen molar-refractivity contribution < 1.29 is 0 Å². The zero-order valence-electron chi connectivity index (χ0n) is 10.0. The molecule has 1 N–H and O–H groups in total. The quantitative estimate of drug-likeness (QED) is 0.748. The fourth-order valence-electron chi connectivity index (χ4n) is 1.71. The van der Waals surface area contributed by atoms with Crippen LogP contribution in [0.1, 0.15) is 45.9 Å². The van der Waals surface area contributed by atoms with Gasteiger partial charge in [0.2, 0.25) is 0 Å². The van der Waals surface area contributed by atoms with Gasteiger partial charge in [-0.15, -0.1) is 10.2 Å². The molecule has 4 nitrogen and oxygen atoms in total. The molecule has 0 amide bonds. The van der Waals surface area contributed by atoms with E-state index in [0.717, 1.165) is 18.9 Å². The van der Waals surface area contributed by atoms with Crippen molar-refractivity contribution in [1.29, 1.82) is 0 Å². The first-order valence-corrected chi connectivity index (χ1v) is 5.91. The van der Waals surface area contributed by atoms with E-state index in [1.165, 1.54) is 19.3 Å². The maximum absolute atomic E-state index is 4.10. The molecule has 4 heteroatoms. The topological polar surface area (TPSA) is 42.7 Å². The normalized spacial score (nSPS) is 13.0. The second-order valence-electron chi connectivity index (χ2n) is 3.81. The molecule has 0 aliphatic heterocycles. The zero-order chi connectivity index (χ0) is 11.1. The molecule has 86 valence electrons. The van der Waals surface area contributed by atoms with Crippen LogP contribution in [0.2, 0.25) is 0 Å². The average Bonchev–Trinajstić information content (AvgIpc) is 2.71. The molecule has 1 heterocycles. The Bertz CT molecular complexity index is 269. The van der Waals surface area contributed by atoms with Crippen LogP contribution in [-0.2, 0) is 13.1 Å². The predicted molar refractivity (Wildman–Crippen MR) is 61.5 cm³/mol. The summed E-state index contributed by atoms with van der Waals surface area (Å²) in [5, 5.41) is 11.5. The third kappa shape index (κ3) is 3.63. The molecule has 1 aromatic heterocycles. The van der Waals surface area contributed by atoms with Gasteiger partial charge in [-0.05, 0) is 19.8 Å². The Morgan fingerprint density at radius 3 is 2.80 bits per heavy atom. The molecule has 0 saturated heterocycles. The molecule has 1 aromatic rings. The molecule has 0 aliphatic carbocycles. The summed E-state index contributed by atoms with van der Waals surface area (Å²) in [6, 6.07) is 0.608. The van der Waals surface area contributed by atoms with Crippen LogP contribution in [0.4, 0.5) is 0 Å². The number of aryl methyl sites for hydroxylation is 1. The van der Waals surface area contributed by atoms with Crippen LogP contribution >= 0.6 is 0 Å². The van der Waals surface area contributed by atoms with E-state index in [-0.39, 0.29) is 0 Å². The molecule has 0 bridgehead atoms. The van der Waals surface area contributed by atoms with Crippen molar-refractivity contribution in [3.63, 3.8) is 0 Å². The van der Waals surface area contributed by atoms with Crippen molar-refractivity contribution in [2.45, 2.75) is 59.2 Å². The first-order valence-electron chi connectivity index (χ1n) is 5.91. The summed E-state index contributed by atoms with van der Waals surface area (Å²) >= 11 is 0. The summed E-state index contributed by atoms with van der Waals surface area (Å²) in [6.07, 6.45) is 5.43. The maximum atomic E-state index is 4.10. The Hall–Kier alpha value is -0.900. The fourth-order valence-corrected chi connectivity index (χ4v) is 1.71. The summed E-state index contributed by atoms with van der Waals surface area (Å²) < 4.78 is 2.08. The monoisotopic (exact) mass is 210 g/mol. The minimum atomic E-state index is 0.608. The van der Waals surface area contributed by atoms with Crippen LogP contribution < -0.4 is 5.32 Å². The number of hydrogen-bond acceptors (Lipinski definition) is 3. The van der Waals surface area contributed by atoms with Gasteiger partial charge in [0.15, 0.2) is 0 Å². The Labute approximate surface area is 92.1 Å². The van der Waals surface area contributed by atoms with Crippen LogP contribution in [0.25, 0.3) is 0 Å². The Kier molecular flexibility index (Phi) is 5.32. The third-order valence-corrected chi connectivity index (χ3v) is 2.72. The third-order valence-electron chi connectivity index (χ3n) is 2.72. The van der Waals surface area contributed by atoms with Crippen LogP contribution in [0.15, 0.2) is 6.33 Å². The standard InChI is InChI=1S/C11H22N4/c1-4-7-10(5-2)12-8-11-14-13-9-15(11)6-3/h9-10,12H,4-8H2,1-3H3. The number of rotatable bonds is 7. The van der Waals surface area contributed by atoms with E-state index in [1.54, 1.807) is 6.33 Å². The van der Waals surface area contributed by atoms with E-state index in [4.69, 9.17) is 0 Å². The summed E-state index contributed by atoms with van der Waals surface area (Å²) in [7, 11) is 0. The van der Waals surface area contributed by atoms with E-state index >= 15 is 0 Å². The molecule has 0 fully saturated rings. The van der Waals surface area contributed by atoms with Crippen molar-refractivity contribution in [1.82, 2.24) is 20.1 Å². The molecule has 0 spiro atoms. The minimum absolute atomic E-state index is 0.608. The van der Waals surface area contributed by atoms with Gasteiger partial charge in [0.1, 0.15) is 12.2 Å². The van der Waals surface area contributed by atoms with Crippen molar-refractivity contribution in [2.75, 3.05) is 0 Å². The lowest BCUT2D eigenvalue weighted by Crippen LogP contribution is -2.29. The number of nitrogens with zero attached hydrogens (tertiary/aromatic N) is 3. The molecule has 1 atom stereocenters. The molecule has 1 unspecified atom stereocenters. The van der Waals surface area contributed by atoms with Gasteiger partial charge >= 0.3 is 0 Å². The van der Waals surface area contributed by atoms with E-state index in [9.17, 15) is 0 Å². The first kappa shape index (κ1) is 12.2. The van der Waals surface area contributed by atoms with Gasteiger partial charge in [-0.3, -0.25) is 0 Å². The second-order valence-corrected chi connectivity index (χ2v) is 3.81. The van der Waals surface area contributed by atoms with Crippen molar-refractivity contribution >= 4 is 0 Å². The molecular formula is C11H22N4. The van der Waals surface area contributed by atoms with E-state index in [1.807, 2.05) is 0 Å². The Morgan fingerprint density at radius 2 is 2.20 bits per heavy atom. The molecule has 0 aromatic carbocycles. The van der Waals surface area contributed by atoms with Gasteiger partial charge in [-0.25, -0.2) is 0 Å². The molecule has 1 rings (SSSR count). The van der Waals surface area contributed by atoms with Crippen LogP contribution in [0.5, 0.6) is 0 Å². The minimum Gasteiger partial charge on any atom is -0.317 e. The second kappa shape index (κ2) is 6.56. The highest BCUT2D eigenvalue weighted by atomic mass is 15.3. The van der Waals surface area contributed by atoms with E-state index in [2.05, 4.69) is 40.9 Å². The van der Waals surface area contributed by atoms with Crippen molar-refractivity contribution in [2.24, 2.45) is 0 Å². The Morgan fingerprint density at radius 1 is 1.40 bits per heavy atom. The highest BCUT2D eigenvalue weighted by molar-refractivity contribution is 4.85. The lowest BCUT2D eigenvalue weighted by atomic mass is 10.1. The van der Waals surface area contributed by atoms with E-state index < -0.39 is 0 Å². The summed E-state index contributed by atoms with van der Waals surface area (Å²) in [5.41, 5.74) is 0. The molecule has 15 heavy (non-hydrogen) atoms. The largest absolute Gasteiger partial charge is 0.317 e. The highest BCUT2D eigenvalue weighted by Gasteiger charge is 2.07. The molecule has 0 radical (unpaired) electrons. The van der Waals surface area contributed by atoms with Crippen molar-refractivity contribution in [3.8, 4) is 0 Å². The molecule has 0 saturated carbocycles. The van der Waals surface area contributed by atoms with Gasteiger partial charge in [0.05, 0.1) is 6.54 Å². The summed E-state index contributed by atoms with van der Waals surface area (Å²) in [4.78, 5) is 0. The first-order chi connectivity index (χ1) is 7.31. The fraction of sp³-hybridized carbons (Fsp3) is 0.818. The van der Waals surface area contributed by atoms with Crippen LogP contribution in [0.3, 0.4) is 0 Å². The van der Waals surface area contributed by atoms with Gasteiger partial charge in [-0.1, -0.05) is 20.3 Å². The smallest absolute Gasteiger partial charge is 0.146 e. The highest BCUT2D eigenvalue weighted by Crippen LogP contribution is 2.02. The van der Waals surface area contributed by atoms with Gasteiger partial charge in [0, 0.05) is 12.6 Å². The van der Waals surface area contributed by atoms with Crippen LogP contribution in [-0.4, -0.2) is 20.8 Å².